The predicted molar refractivity (Wildman–Crippen MR) is 98.1 cm³/mol. The van der Waals surface area contributed by atoms with E-state index in [-0.39, 0.29) is 0 Å². The fraction of sp³-hybridized carbons (Fsp3) is 0.429. The largest absolute Gasteiger partial charge is 0.498 e. The third kappa shape index (κ3) is 5.11. The first kappa shape index (κ1) is 17.6. The zero-order chi connectivity index (χ0) is 16.5. The summed E-state index contributed by atoms with van der Waals surface area (Å²) in [7, 11) is 0. The molecule has 1 aromatic rings. The van der Waals surface area contributed by atoms with Crippen molar-refractivity contribution in [2.75, 3.05) is 19.7 Å². The van der Waals surface area contributed by atoms with Crippen LogP contribution in [0.2, 0.25) is 0 Å². The molecule has 2 rings (SSSR count). The molecular formula is C21H29NO. The molecule has 1 aromatic carbocycles. The topological polar surface area (TPSA) is 12.5 Å². The molecule has 0 bridgehead atoms. The Labute approximate surface area is 141 Å². The van der Waals surface area contributed by atoms with Crippen LogP contribution in [-0.2, 0) is 11.3 Å². The molecule has 2 heteroatoms. The number of hydrogen-bond donors (Lipinski definition) is 0. The summed E-state index contributed by atoms with van der Waals surface area (Å²) < 4.78 is 5.93. The van der Waals surface area contributed by atoms with Gasteiger partial charge in [-0.15, -0.1) is 13.2 Å². The quantitative estimate of drug-likeness (QED) is 0.472. The molecule has 1 atom stereocenters. The summed E-state index contributed by atoms with van der Waals surface area (Å²) in [4.78, 5) is 2.53. The van der Waals surface area contributed by atoms with E-state index >= 15 is 0 Å². The minimum absolute atomic E-state index is 0.568. The zero-order valence-electron chi connectivity index (χ0n) is 14.3. The molecule has 1 fully saturated rings. The lowest BCUT2D eigenvalue weighted by molar-refractivity contribution is 0.217. The molecule has 124 valence electrons. The van der Waals surface area contributed by atoms with E-state index in [1.54, 1.807) is 0 Å². The van der Waals surface area contributed by atoms with Crippen LogP contribution >= 0.6 is 0 Å². The Morgan fingerprint density at radius 1 is 1.26 bits per heavy atom. The van der Waals surface area contributed by atoms with Crippen LogP contribution in [0.1, 0.15) is 31.7 Å². The van der Waals surface area contributed by atoms with Crippen LogP contribution in [0.25, 0.3) is 0 Å². The Morgan fingerprint density at radius 3 is 2.70 bits per heavy atom. The van der Waals surface area contributed by atoms with E-state index in [9.17, 15) is 0 Å². The standard InChI is InChI=1S/C21H29NO/c1-4-7-14-19-16-22(15-18-12-9-8-10-13-18)17-20(19)21(11-5-2)23-6-3/h4-5,8-10,12-13,19H,1-2,6-7,11,14-17H2,3H3/b21-20+. The number of allylic oxidation sites excluding steroid dienone is 2. The highest BCUT2D eigenvalue weighted by molar-refractivity contribution is 5.22. The average molecular weight is 311 g/mol. The first-order chi connectivity index (χ1) is 11.3. The molecule has 2 nitrogen and oxygen atoms in total. The number of benzene rings is 1. The van der Waals surface area contributed by atoms with E-state index in [1.807, 2.05) is 12.2 Å². The van der Waals surface area contributed by atoms with Crippen LogP contribution in [0.15, 0.2) is 67.0 Å². The summed E-state index contributed by atoms with van der Waals surface area (Å²) >= 11 is 0. The lowest BCUT2D eigenvalue weighted by Gasteiger charge is -2.15. The molecule has 23 heavy (non-hydrogen) atoms. The Morgan fingerprint density at radius 2 is 2.04 bits per heavy atom. The van der Waals surface area contributed by atoms with Gasteiger partial charge in [-0.1, -0.05) is 42.5 Å². The van der Waals surface area contributed by atoms with E-state index in [0.717, 1.165) is 51.3 Å². The third-order valence-corrected chi connectivity index (χ3v) is 4.34. The fourth-order valence-electron chi connectivity index (χ4n) is 3.31. The minimum Gasteiger partial charge on any atom is -0.498 e. The molecular weight excluding hydrogens is 282 g/mol. The maximum absolute atomic E-state index is 5.93. The van der Waals surface area contributed by atoms with Gasteiger partial charge in [0.15, 0.2) is 0 Å². The maximum atomic E-state index is 5.93. The Balaban J connectivity index is 2.15. The number of hydrogen-bond acceptors (Lipinski definition) is 2. The van der Waals surface area contributed by atoms with Crippen molar-refractivity contribution in [3.8, 4) is 0 Å². The van der Waals surface area contributed by atoms with Gasteiger partial charge < -0.3 is 4.74 Å². The third-order valence-electron chi connectivity index (χ3n) is 4.34. The van der Waals surface area contributed by atoms with E-state index in [0.29, 0.717) is 5.92 Å². The summed E-state index contributed by atoms with van der Waals surface area (Å²) in [6, 6.07) is 10.7. The Hall–Kier alpha value is -1.80. The van der Waals surface area contributed by atoms with Gasteiger partial charge in [-0.2, -0.15) is 0 Å². The second-order valence-corrected chi connectivity index (χ2v) is 6.09. The highest BCUT2D eigenvalue weighted by Gasteiger charge is 2.29. The molecule has 1 saturated heterocycles. The molecule has 0 aliphatic carbocycles. The van der Waals surface area contributed by atoms with Gasteiger partial charge in [-0.05, 0) is 36.8 Å². The van der Waals surface area contributed by atoms with Crippen LogP contribution in [0.5, 0.6) is 0 Å². The van der Waals surface area contributed by atoms with Crippen LogP contribution < -0.4 is 0 Å². The molecule has 0 radical (unpaired) electrons. The van der Waals surface area contributed by atoms with Crippen molar-refractivity contribution in [1.29, 1.82) is 0 Å². The molecule has 0 amide bonds. The fourth-order valence-corrected chi connectivity index (χ4v) is 3.31. The van der Waals surface area contributed by atoms with Crippen LogP contribution in [0, 0.1) is 5.92 Å². The molecule has 1 aliphatic heterocycles. The van der Waals surface area contributed by atoms with Crippen molar-refractivity contribution in [1.82, 2.24) is 4.90 Å². The van der Waals surface area contributed by atoms with E-state index < -0.39 is 0 Å². The number of rotatable bonds is 9. The SMILES string of the molecule is C=CCCC1CN(Cc2ccccc2)C/C1=C(/CC=C)OCC. The lowest BCUT2D eigenvalue weighted by Crippen LogP contribution is -2.20. The Kier molecular flexibility index (Phi) is 7.15. The maximum Gasteiger partial charge on any atom is 0.100 e. The minimum atomic E-state index is 0.568. The summed E-state index contributed by atoms with van der Waals surface area (Å²) in [6.07, 6.45) is 7.00. The summed E-state index contributed by atoms with van der Waals surface area (Å²) in [5, 5.41) is 0. The first-order valence-corrected chi connectivity index (χ1v) is 8.61. The molecule has 0 N–H and O–H groups in total. The Bertz CT molecular complexity index is 532. The zero-order valence-corrected chi connectivity index (χ0v) is 14.3. The van der Waals surface area contributed by atoms with Crippen molar-refractivity contribution in [3.63, 3.8) is 0 Å². The summed E-state index contributed by atoms with van der Waals surface area (Å²) in [5.41, 5.74) is 2.84. The molecule has 1 heterocycles. The molecule has 0 spiro atoms. The average Bonchev–Trinajstić information content (AvgIpc) is 2.96. The molecule has 1 unspecified atom stereocenters. The van der Waals surface area contributed by atoms with Gasteiger partial charge in [0.1, 0.15) is 5.76 Å². The normalized spacial score (nSPS) is 20.3. The van der Waals surface area contributed by atoms with E-state index in [1.165, 1.54) is 11.1 Å². The van der Waals surface area contributed by atoms with Crippen molar-refractivity contribution < 1.29 is 4.74 Å². The van der Waals surface area contributed by atoms with Gasteiger partial charge in [-0.25, -0.2) is 0 Å². The first-order valence-electron chi connectivity index (χ1n) is 8.61. The highest BCUT2D eigenvalue weighted by atomic mass is 16.5. The van der Waals surface area contributed by atoms with Gasteiger partial charge in [0.2, 0.25) is 0 Å². The monoisotopic (exact) mass is 311 g/mol. The lowest BCUT2D eigenvalue weighted by atomic mass is 9.95. The second-order valence-electron chi connectivity index (χ2n) is 6.09. The number of nitrogens with zero attached hydrogens (tertiary/aromatic N) is 1. The second kappa shape index (κ2) is 9.36. The summed E-state index contributed by atoms with van der Waals surface area (Å²) in [5.74, 6) is 1.70. The summed E-state index contributed by atoms with van der Waals surface area (Å²) in [6.45, 7) is 13.6. The number of ether oxygens (including phenoxy) is 1. The smallest absolute Gasteiger partial charge is 0.100 e. The van der Waals surface area contributed by atoms with Gasteiger partial charge in [0, 0.05) is 26.1 Å². The van der Waals surface area contributed by atoms with E-state index in [2.05, 4.69) is 55.3 Å². The van der Waals surface area contributed by atoms with E-state index in [4.69, 9.17) is 4.74 Å². The van der Waals surface area contributed by atoms with Crippen molar-refractivity contribution in [3.05, 3.63) is 72.5 Å². The molecule has 0 aromatic heterocycles. The van der Waals surface area contributed by atoms with Crippen LogP contribution in [0.3, 0.4) is 0 Å². The van der Waals surface area contributed by atoms with Gasteiger partial charge in [-0.3, -0.25) is 4.90 Å². The van der Waals surface area contributed by atoms with Crippen molar-refractivity contribution in [2.45, 2.75) is 32.7 Å². The molecule has 1 aliphatic rings. The van der Waals surface area contributed by atoms with Gasteiger partial charge in [0.05, 0.1) is 6.61 Å². The van der Waals surface area contributed by atoms with Gasteiger partial charge >= 0.3 is 0 Å². The van der Waals surface area contributed by atoms with Gasteiger partial charge in [0.25, 0.3) is 0 Å². The van der Waals surface area contributed by atoms with Crippen LogP contribution in [0.4, 0.5) is 0 Å². The highest BCUT2D eigenvalue weighted by Crippen LogP contribution is 2.32. The predicted octanol–water partition coefficient (Wildman–Crippen LogP) is 4.95. The van der Waals surface area contributed by atoms with Crippen molar-refractivity contribution in [2.24, 2.45) is 5.92 Å². The van der Waals surface area contributed by atoms with Crippen LogP contribution in [-0.4, -0.2) is 24.6 Å². The van der Waals surface area contributed by atoms with Crippen molar-refractivity contribution >= 4 is 0 Å². The molecule has 0 saturated carbocycles. The number of likely N-dealkylation sites (tertiary alicyclic amines) is 1.